The Kier molecular flexibility index (Phi) is 7.55. The zero-order valence-corrected chi connectivity index (χ0v) is 21.7. The van der Waals surface area contributed by atoms with Crippen molar-refractivity contribution in [3.8, 4) is 17.1 Å². The molecule has 0 aliphatic heterocycles. The summed E-state index contributed by atoms with van der Waals surface area (Å²) in [7, 11) is 0. The van der Waals surface area contributed by atoms with E-state index in [0.29, 0.717) is 11.4 Å². The molecule has 0 saturated carbocycles. The Morgan fingerprint density at radius 2 is 1.45 bits per heavy atom. The van der Waals surface area contributed by atoms with Crippen LogP contribution in [0, 0.1) is 24.2 Å². The Bertz CT molecular complexity index is 1570. The molecular weight excluding hydrogens is 684 g/mol. The maximum absolute atomic E-state index is 14.4. The summed E-state index contributed by atoms with van der Waals surface area (Å²) in [6, 6.07) is 23.2. The average molecular weight is 701 g/mol. The summed E-state index contributed by atoms with van der Waals surface area (Å²) in [5, 5.41) is 3.57. The van der Waals surface area contributed by atoms with E-state index in [1.54, 1.807) is 30.3 Å². The summed E-state index contributed by atoms with van der Waals surface area (Å²) in [5.41, 5.74) is -0.380. The Balaban J connectivity index is 0.00000336. The van der Waals surface area contributed by atoms with Crippen LogP contribution in [0.25, 0.3) is 17.1 Å². The van der Waals surface area contributed by atoms with Crippen molar-refractivity contribution in [1.29, 1.82) is 0 Å². The summed E-state index contributed by atoms with van der Waals surface area (Å²) in [6.07, 6.45) is -2.17. The molecule has 0 N–H and O–H groups in total. The van der Waals surface area contributed by atoms with Gasteiger partial charge in [0.1, 0.15) is 11.9 Å². The summed E-state index contributed by atoms with van der Waals surface area (Å²) in [6.45, 7) is 1.84. The standard InChI is InChI=1S/C27H16F5N5.Pt/c1-26(17-7-3-2-4-8-17,20-10-5-9-19(33-20)18-13-14-23(28)35-25(18)29)21-11-6-12-24(34-21)37-16-15-22(36-37)27(30,31)32;/h2-12,14-15H,1H3;/q-2;+2. The van der Waals surface area contributed by atoms with Gasteiger partial charge in [-0.3, -0.25) is 20.1 Å². The largest absolute Gasteiger partial charge is 2.00 e. The fourth-order valence-corrected chi connectivity index (χ4v) is 3.97. The Morgan fingerprint density at radius 1 is 0.763 bits per heavy atom. The van der Waals surface area contributed by atoms with Crippen molar-refractivity contribution in [2.24, 2.45) is 0 Å². The minimum absolute atomic E-state index is 0. The van der Waals surface area contributed by atoms with E-state index < -0.39 is 29.2 Å². The molecule has 0 fully saturated rings. The van der Waals surface area contributed by atoms with Gasteiger partial charge in [0, 0.05) is 11.4 Å². The molecule has 0 saturated heterocycles. The third kappa shape index (κ3) is 5.13. The maximum atomic E-state index is 14.4. The second-order valence-electron chi connectivity index (χ2n) is 8.24. The first-order chi connectivity index (χ1) is 17.7. The average Bonchev–Trinajstić information content (AvgIpc) is 3.40. The van der Waals surface area contributed by atoms with Crippen molar-refractivity contribution >= 4 is 0 Å². The van der Waals surface area contributed by atoms with Gasteiger partial charge in [-0.15, -0.1) is 12.1 Å². The van der Waals surface area contributed by atoms with Gasteiger partial charge in [-0.2, -0.15) is 13.2 Å². The van der Waals surface area contributed by atoms with Crippen molar-refractivity contribution < 1.29 is 43.0 Å². The van der Waals surface area contributed by atoms with Crippen LogP contribution in [-0.4, -0.2) is 24.7 Å². The van der Waals surface area contributed by atoms with Gasteiger partial charge in [0.05, 0.1) is 16.9 Å². The maximum Gasteiger partial charge on any atom is 2.00 e. The van der Waals surface area contributed by atoms with Gasteiger partial charge in [-0.1, -0.05) is 72.4 Å². The minimum Gasteiger partial charge on any atom is -0.343 e. The molecule has 5 aromatic rings. The van der Waals surface area contributed by atoms with Gasteiger partial charge in [0.2, 0.25) is 0 Å². The van der Waals surface area contributed by atoms with Crippen molar-refractivity contribution in [3.05, 3.63) is 126 Å². The molecule has 38 heavy (non-hydrogen) atoms. The SMILES string of the molecule is CC(c1ccccc1)(c1cccc(-c2[c-]cc(F)nc2F)n1)c1cccc(-n2[c-]cc(C(F)(F)F)n2)n1.[Pt+2]. The van der Waals surface area contributed by atoms with Gasteiger partial charge in [-0.25, -0.2) is 8.78 Å². The second-order valence-corrected chi connectivity index (χ2v) is 8.24. The molecule has 11 heteroatoms. The van der Waals surface area contributed by atoms with Crippen LogP contribution >= 0.6 is 0 Å². The predicted molar refractivity (Wildman–Crippen MR) is 123 cm³/mol. The Labute approximate surface area is 228 Å². The molecule has 4 aromatic heterocycles. The minimum atomic E-state index is -4.62. The molecule has 0 radical (unpaired) electrons. The molecule has 0 spiro atoms. The smallest absolute Gasteiger partial charge is 0.343 e. The van der Waals surface area contributed by atoms with Crippen molar-refractivity contribution in [2.45, 2.75) is 18.5 Å². The predicted octanol–water partition coefficient (Wildman–Crippen LogP) is 5.97. The number of nitrogens with zero attached hydrogens (tertiary/aromatic N) is 5. The number of hydrogen-bond acceptors (Lipinski definition) is 4. The van der Waals surface area contributed by atoms with Gasteiger partial charge >= 0.3 is 27.2 Å². The van der Waals surface area contributed by atoms with Gasteiger partial charge in [-0.05, 0) is 30.3 Å². The quantitative estimate of drug-likeness (QED) is 0.129. The van der Waals surface area contributed by atoms with Crippen LogP contribution in [0.5, 0.6) is 0 Å². The normalized spacial score (nSPS) is 13.0. The molecule has 1 unspecified atom stereocenters. The first kappa shape index (κ1) is 27.3. The number of benzene rings is 1. The van der Waals surface area contributed by atoms with Crippen LogP contribution in [0.4, 0.5) is 22.0 Å². The van der Waals surface area contributed by atoms with E-state index in [9.17, 15) is 22.0 Å². The van der Waals surface area contributed by atoms with Crippen molar-refractivity contribution in [1.82, 2.24) is 24.7 Å². The first-order valence-electron chi connectivity index (χ1n) is 11.0. The summed E-state index contributed by atoms with van der Waals surface area (Å²) in [5.74, 6) is -1.94. The van der Waals surface area contributed by atoms with E-state index in [1.165, 1.54) is 6.07 Å². The van der Waals surface area contributed by atoms with Crippen molar-refractivity contribution in [3.63, 3.8) is 0 Å². The van der Waals surface area contributed by atoms with Gasteiger partial charge in [0.25, 0.3) is 0 Å². The van der Waals surface area contributed by atoms with Crippen LogP contribution in [0.15, 0.2) is 78.9 Å². The monoisotopic (exact) mass is 700 g/mol. The molecule has 5 rings (SSSR count). The molecule has 0 amide bonds. The van der Waals surface area contributed by atoms with E-state index >= 15 is 0 Å². The number of pyridine rings is 3. The zero-order valence-electron chi connectivity index (χ0n) is 19.4. The Hall–Kier alpha value is -3.78. The number of halogens is 5. The van der Waals surface area contributed by atoms with Gasteiger partial charge < -0.3 is 4.68 Å². The summed E-state index contributed by atoms with van der Waals surface area (Å²) in [4.78, 5) is 12.5. The number of alkyl halides is 3. The molecule has 1 aromatic carbocycles. The fourth-order valence-electron chi connectivity index (χ4n) is 3.97. The third-order valence-electron chi connectivity index (χ3n) is 5.90. The van der Waals surface area contributed by atoms with Crippen LogP contribution in [0.1, 0.15) is 29.6 Å². The second kappa shape index (κ2) is 10.5. The molecule has 5 nitrogen and oxygen atoms in total. The fraction of sp³-hybridized carbons (Fsp3) is 0.111. The third-order valence-corrected chi connectivity index (χ3v) is 5.90. The molecular formula is C27H16F5N5Pt. The topological polar surface area (TPSA) is 56.5 Å². The van der Waals surface area contributed by atoms with Gasteiger partial charge in [0.15, 0.2) is 0 Å². The summed E-state index contributed by atoms with van der Waals surface area (Å²) >= 11 is 0. The molecule has 0 aliphatic rings. The molecule has 194 valence electrons. The van der Waals surface area contributed by atoms with Crippen LogP contribution in [0.2, 0.25) is 0 Å². The van der Waals surface area contributed by atoms with E-state index in [-0.39, 0.29) is 38.1 Å². The van der Waals surface area contributed by atoms with Crippen molar-refractivity contribution in [2.75, 3.05) is 0 Å². The molecule has 0 aliphatic carbocycles. The van der Waals surface area contributed by atoms with Crippen LogP contribution in [0.3, 0.4) is 0 Å². The van der Waals surface area contributed by atoms with Crippen LogP contribution < -0.4 is 0 Å². The number of hydrogen-bond donors (Lipinski definition) is 0. The molecule has 4 heterocycles. The zero-order chi connectivity index (χ0) is 26.2. The number of rotatable bonds is 5. The molecule has 1 atom stereocenters. The number of aromatic nitrogens is 5. The van der Waals surface area contributed by atoms with E-state index in [0.717, 1.165) is 22.4 Å². The first-order valence-corrected chi connectivity index (χ1v) is 11.0. The van der Waals surface area contributed by atoms with E-state index in [4.69, 9.17) is 0 Å². The summed E-state index contributed by atoms with van der Waals surface area (Å²) < 4.78 is 67.9. The van der Waals surface area contributed by atoms with Crippen LogP contribution in [-0.2, 0) is 32.7 Å². The molecule has 0 bridgehead atoms. The Morgan fingerprint density at radius 3 is 2.11 bits per heavy atom. The van der Waals surface area contributed by atoms with E-state index in [2.05, 4.69) is 32.3 Å². The van der Waals surface area contributed by atoms with E-state index in [1.807, 2.05) is 37.3 Å².